The first kappa shape index (κ1) is 31.9. The van der Waals surface area contributed by atoms with E-state index in [2.05, 4.69) is 40.3 Å². The molecule has 238 valence electrons. The number of likely N-dealkylation sites (tertiary alicyclic amines) is 1. The Balaban J connectivity index is 1.18. The predicted octanol–water partition coefficient (Wildman–Crippen LogP) is -0.949. The summed E-state index contributed by atoms with van der Waals surface area (Å²) in [5.41, 5.74) is 3.89. The van der Waals surface area contributed by atoms with E-state index in [-0.39, 0.29) is 29.0 Å². The first-order valence-electron chi connectivity index (χ1n) is 13.8. The summed E-state index contributed by atoms with van der Waals surface area (Å²) in [7, 11) is 0. The lowest BCUT2D eigenvalue weighted by atomic mass is 9.89. The second-order valence-electron chi connectivity index (χ2n) is 10.5. The van der Waals surface area contributed by atoms with E-state index in [0.29, 0.717) is 11.7 Å². The quantitative estimate of drug-likeness (QED) is 0.0820. The smallest absolute Gasteiger partial charge is 0.344 e. The minimum atomic E-state index is -1.31. The normalized spacial score (nSPS) is 24.0. The molecular weight excluding hydrogens is 639 g/mol. The molecule has 2 aromatic heterocycles. The number of anilines is 1. The van der Waals surface area contributed by atoms with Crippen LogP contribution in [0.4, 0.5) is 5.13 Å². The number of hydrogen-bond acceptors (Lipinski definition) is 16. The zero-order valence-corrected chi connectivity index (χ0v) is 25.9. The third kappa shape index (κ3) is 7.21. The number of carboxylic acid groups (broad SMARTS) is 2. The number of β-lactam (4-membered cyclic amide) rings is 1. The second-order valence-corrected chi connectivity index (χ2v) is 13.3. The minimum absolute atomic E-state index is 0.0434. The molecule has 2 unspecified atom stereocenters. The number of hydrogen-bond donors (Lipinski definition) is 4. The van der Waals surface area contributed by atoms with Gasteiger partial charge in [-0.05, 0) is 49.3 Å². The van der Waals surface area contributed by atoms with Crippen LogP contribution in [0.25, 0.3) is 0 Å². The molecule has 3 aliphatic rings. The Bertz CT molecular complexity index is 1420. The summed E-state index contributed by atoms with van der Waals surface area (Å²) < 4.78 is 5.60. The third-order valence-electron chi connectivity index (χ3n) is 7.37. The van der Waals surface area contributed by atoms with Crippen LogP contribution in [0.15, 0.2) is 10.3 Å². The van der Waals surface area contributed by atoms with Gasteiger partial charge < -0.3 is 35.9 Å². The Labute approximate surface area is 263 Å². The molecule has 3 atom stereocenters. The monoisotopic (exact) mass is 669 g/mol. The highest BCUT2D eigenvalue weighted by atomic mass is 32.2. The number of aromatic nitrogens is 6. The molecule has 0 bridgehead atoms. The van der Waals surface area contributed by atoms with Gasteiger partial charge in [-0.25, -0.2) is 9.48 Å². The molecule has 18 nitrogen and oxygen atoms in total. The molecule has 3 saturated heterocycles. The number of aliphatic carboxylic acids is 2. The van der Waals surface area contributed by atoms with Gasteiger partial charge in [0.1, 0.15) is 16.8 Å². The highest BCUT2D eigenvalue weighted by Crippen LogP contribution is 2.44. The number of nitrogens with two attached hydrogens (primary N) is 1. The fraction of sp³-hybridized carbons (Fsp3) is 0.652. The number of carbonyl (C=O) groups excluding carboxylic acids is 2. The second kappa shape index (κ2) is 14.0. The van der Waals surface area contributed by atoms with Gasteiger partial charge in [-0.3, -0.25) is 14.4 Å². The van der Waals surface area contributed by atoms with Crippen LogP contribution in [0, 0.1) is 5.41 Å². The van der Waals surface area contributed by atoms with Gasteiger partial charge in [0.15, 0.2) is 5.13 Å². The lowest BCUT2D eigenvalue weighted by Gasteiger charge is -2.53. The van der Waals surface area contributed by atoms with E-state index in [9.17, 15) is 24.3 Å². The zero-order chi connectivity index (χ0) is 31.3. The van der Waals surface area contributed by atoms with Crippen LogP contribution < -0.4 is 11.1 Å². The molecule has 5 rings (SSSR count). The van der Waals surface area contributed by atoms with Crippen LogP contribution in [0.1, 0.15) is 31.5 Å². The number of nitrogens with one attached hydrogen (secondary N) is 1. The number of carbonyl (C=O) groups is 4. The molecule has 44 heavy (non-hydrogen) atoms. The van der Waals surface area contributed by atoms with E-state index >= 15 is 0 Å². The van der Waals surface area contributed by atoms with E-state index in [4.69, 9.17) is 15.7 Å². The van der Waals surface area contributed by atoms with Crippen molar-refractivity contribution in [2.45, 2.75) is 48.8 Å². The van der Waals surface area contributed by atoms with Gasteiger partial charge in [0.05, 0.1) is 0 Å². The largest absolute Gasteiger partial charge is 0.481 e. The molecule has 0 aromatic carbocycles. The summed E-state index contributed by atoms with van der Waals surface area (Å²) in [6.07, 6.45) is 4.58. The van der Waals surface area contributed by atoms with Crippen LogP contribution in [0.2, 0.25) is 0 Å². The highest BCUT2D eigenvalue weighted by Gasteiger charge is 2.57. The molecular formula is C23H31N11O7S3. The molecule has 0 spiro atoms. The van der Waals surface area contributed by atoms with E-state index in [1.807, 2.05) is 0 Å². The van der Waals surface area contributed by atoms with Crippen LogP contribution in [-0.4, -0.2) is 135 Å². The van der Waals surface area contributed by atoms with Crippen LogP contribution in [0.3, 0.4) is 0 Å². The number of thioether (sulfide) groups is 2. The predicted molar refractivity (Wildman–Crippen MR) is 158 cm³/mol. The van der Waals surface area contributed by atoms with Gasteiger partial charge in [0, 0.05) is 36.1 Å². The van der Waals surface area contributed by atoms with Crippen molar-refractivity contribution in [2.24, 2.45) is 10.6 Å². The number of piperidine rings is 1. The van der Waals surface area contributed by atoms with Gasteiger partial charge in [-0.15, -0.1) is 16.9 Å². The maximum Gasteiger partial charge on any atom is 0.344 e. The maximum absolute atomic E-state index is 13.1. The number of amides is 2. The molecule has 21 heteroatoms. The van der Waals surface area contributed by atoms with E-state index < -0.39 is 52.9 Å². The van der Waals surface area contributed by atoms with Gasteiger partial charge in [-0.2, -0.15) is 9.36 Å². The van der Waals surface area contributed by atoms with E-state index in [0.717, 1.165) is 37.6 Å². The maximum atomic E-state index is 13.1. The number of oxime groups is 1. The Morgan fingerprint density at radius 2 is 2.00 bits per heavy atom. The Morgan fingerprint density at radius 1 is 1.20 bits per heavy atom. The average molecular weight is 670 g/mol. The number of carboxylic acids is 2. The Hall–Kier alpha value is -3.56. The number of nitrogens with zero attached hydrogens (tertiary/aromatic N) is 9. The number of tetrazole rings is 1. The van der Waals surface area contributed by atoms with Crippen molar-refractivity contribution in [2.75, 3.05) is 50.0 Å². The number of aryl methyl sites for hydroxylation is 1. The summed E-state index contributed by atoms with van der Waals surface area (Å²) in [6, 6.07) is -0.972. The summed E-state index contributed by atoms with van der Waals surface area (Å²) in [5.74, 6) is -3.56. The first-order chi connectivity index (χ1) is 21.2. The van der Waals surface area contributed by atoms with Crippen molar-refractivity contribution >= 4 is 69.7 Å². The molecule has 0 aliphatic carbocycles. The molecule has 2 aromatic rings. The van der Waals surface area contributed by atoms with Crippen molar-refractivity contribution in [3.05, 3.63) is 5.82 Å². The van der Waals surface area contributed by atoms with Crippen LogP contribution in [0.5, 0.6) is 0 Å². The van der Waals surface area contributed by atoms with E-state index in [1.54, 1.807) is 4.68 Å². The minimum Gasteiger partial charge on any atom is -0.481 e. The SMILES string of the molecule is Nc1nc(C(=NOCC(=O)O)C(=O)NC2C(=O)N3CC(CSc4nnnn4CCCN4CCCCC4)(C(=O)O)CS[C@H]23)ns1. The lowest BCUT2D eigenvalue weighted by molar-refractivity contribution is -0.157. The van der Waals surface area contributed by atoms with Gasteiger partial charge >= 0.3 is 11.9 Å². The van der Waals surface area contributed by atoms with Crippen molar-refractivity contribution < 1.29 is 34.2 Å². The first-order valence-corrected chi connectivity index (χ1v) is 16.6. The van der Waals surface area contributed by atoms with Crippen LogP contribution in [-0.2, 0) is 30.6 Å². The standard InChI is InChI=1S/C23H31N11O7S3/c24-21-26-16(29-44-21)14(28-41-9-13(35)36)17(37)25-15-18(38)33-10-23(20(39)40,11-42-19(15)33)12-43-22-27-30-31-34(22)8-4-7-32-5-2-1-3-6-32/h15,19H,1-12H2,(H,25,37)(H,35,36)(H,39,40)(H2,24,26,29)/t15?,19-,23?/m1/s1. The van der Waals surface area contributed by atoms with Crippen molar-refractivity contribution in [1.29, 1.82) is 0 Å². The van der Waals surface area contributed by atoms with Gasteiger partial charge in [-0.1, -0.05) is 23.3 Å². The number of fused-ring (bicyclic) bond motifs is 1. The Morgan fingerprint density at radius 3 is 2.70 bits per heavy atom. The van der Waals surface area contributed by atoms with Crippen molar-refractivity contribution in [3.63, 3.8) is 0 Å². The molecule has 0 saturated carbocycles. The highest BCUT2D eigenvalue weighted by molar-refractivity contribution is 8.00. The number of rotatable bonds is 14. The van der Waals surface area contributed by atoms with Crippen LogP contribution >= 0.6 is 35.1 Å². The lowest BCUT2D eigenvalue weighted by Crippen LogP contribution is -2.74. The third-order valence-corrected chi connectivity index (χ3v) is 10.7. The van der Waals surface area contributed by atoms with Crippen molar-refractivity contribution in [1.82, 2.24) is 44.7 Å². The molecule has 3 fully saturated rings. The molecule has 5 N–H and O–H groups in total. The van der Waals surface area contributed by atoms with E-state index in [1.165, 1.54) is 47.7 Å². The summed E-state index contributed by atoms with van der Waals surface area (Å²) in [6.45, 7) is 2.90. The summed E-state index contributed by atoms with van der Waals surface area (Å²) in [5, 5.41) is 37.1. The average Bonchev–Trinajstić information content (AvgIpc) is 3.65. The Kier molecular flexibility index (Phi) is 10.2. The van der Waals surface area contributed by atoms with Gasteiger partial charge in [0.2, 0.25) is 29.2 Å². The fourth-order valence-electron chi connectivity index (χ4n) is 5.05. The molecule has 5 heterocycles. The van der Waals surface area contributed by atoms with Crippen molar-refractivity contribution in [3.8, 4) is 0 Å². The summed E-state index contributed by atoms with van der Waals surface area (Å²) in [4.78, 5) is 61.9. The van der Waals surface area contributed by atoms with Gasteiger partial charge in [0.25, 0.3) is 5.91 Å². The molecule has 0 radical (unpaired) electrons. The number of nitrogen functional groups attached to an aromatic ring is 1. The fourth-order valence-corrected chi connectivity index (χ4v) is 8.25. The molecule has 2 amide bonds. The summed E-state index contributed by atoms with van der Waals surface area (Å²) >= 11 is 3.28. The topological polar surface area (TPSA) is 244 Å². The zero-order valence-electron chi connectivity index (χ0n) is 23.4. The molecule has 3 aliphatic heterocycles.